The molecule has 0 radical (unpaired) electrons. The number of nitrogens with one attached hydrogen (secondary N) is 1. The van der Waals surface area contributed by atoms with Crippen LogP contribution in [0.15, 0.2) is 0 Å². The van der Waals surface area contributed by atoms with Gasteiger partial charge in [0.15, 0.2) is 0 Å². The van der Waals surface area contributed by atoms with Crippen LogP contribution in [0.5, 0.6) is 0 Å². The monoisotopic (exact) mass is 186 g/mol. The van der Waals surface area contributed by atoms with Gasteiger partial charge < -0.3 is 10.2 Å². The second kappa shape index (κ2) is 6.89. The molecule has 0 bridgehead atoms. The summed E-state index contributed by atoms with van der Waals surface area (Å²) >= 11 is 0. The maximum absolute atomic E-state index is 10.7. The quantitative estimate of drug-likeness (QED) is 0.704. The Morgan fingerprint density at radius 3 is 2.54 bits per heavy atom. The predicted octanol–water partition coefficient (Wildman–Crippen LogP) is 1.24. The number of likely N-dealkylation sites (N-methyl/N-ethyl adjacent to an activating group) is 1. The van der Waals surface area contributed by atoms with Crippen LogP contribution in [0.4, 0.5) is 0 Å². The highest BCUT2D eigenvalue weighted by molar-refractivity contribution is 5.73. The molecule has 0 aromatic heterocycles. The number of amides is 1. The van der Waals surface area contributed by atoms with Crippen molar-refractivity contribution in [1.82, 2.24) is 10.2 Å². The summed E-state index contributed by atoms with van der Waals surface area (Å²) in [4.78, 5) is 13.0. The van der Waals surface area contributed by atoms with Crippen molar-refractivity contribution in [3.8, 4) is 0 Å². The first-order valence-electron chi connectivity index (χ1n) is 5.22. The second-order valence-electron chi connectivity index (χ2n) is 3.08. The van der Waals surface area contributed by atoms with Crippen LogP contribution in [0, 0.1) is 0 Å². The molecule has 1 rings (SSSR count). The summed E-state index contributed by atoms with van der Waals surface area (Å²) in [6.07, 6.45) is 1.10. The molecule has 0 saturated carbocycles. The van der Waals surface area contributed by atoms with E-state index in [1.807, 2.05) is 13.8 Å². The minimum absolute atomic E-state index is 0.0907. The van der Waals surface area contributed by atoms with Gasteiger partial charge in [-0.15, -0.1) is 0 Å². The maximum atomic E-state index is 10.7. The molecule has 1 fully saturated rings. The van der Waals surface area contributed by atoms with Crippen LogP contribution < -0.4 is 5.32 Å². The van der Waals surface area contributed by atoms with Gasteiger partial charge in [0.2, 0.25) is 5.91 Å². The zero-order valence-corrected chi connectivity index (χ0v) is 9.26. The van der Waals surface area contributed by atoms with Crippen molar-refractivity contribution < 1.29 is 4.79 Å². The lowest BCUT2D eigenvalue weighted by Gasteiger charge is -2.13. The van der Waals surface area contributed by atoms with Crippen LogP contribution in [-0.2, 0) is 4.79 Å². The fraction of sp³-hybridized carbons (Fsp3) is 0.900. The fourth-order valence-corrected chi connectivity index (χ4v) is 1.53. The Morgan fingerprint density at radius 2 is 2.15 bits per heavy atom. The van der Waals surface area contributed by atoms with Crippen molar-refractivity contribution in [2.45, 2.75) is 40.2 Å². The molecule has 0 aromatic carbocycles. The SMILES string of the molecule is CC.CCN1CCC(NC(C)=O)C1. The molecule has 1 aliphatic rings. The Morgan fingerprint density at radius 1 is 1.54 bits per heavy atom. The van der Waals surface area contributed by atoms with Gasteiger partial charge in [-0.05, 0) is 13.0 Å². The third kappa shape index (κ3) is 4.88. The molecule has 0 aliphatic carbocycles. The Balaban J connectivity index is 0.000000671. The standard InChI is InChI=1S/C8H16N2O.C2H6/c1-3-10-5-4-8(6-10)9-7(2)11;1-2/h8H,3-6H2,1-2H3,(H,9,11);1-2H3. The summed E-state index contributed by atoms with van der Waals surface area (Å²) in [5, 5.41) is 2.93. The average molecular weight is 186 g/mol. The van der Waals surface area contributed by atoms with E-state index in [0.717, 1.165) is 26.1 Å². The normalized spacial score (nSPS) is 22.0. The topological polar surface area (TPSA) is 32.3 Å². The highest BCUT2D eigenvalue weighted by atomic mass is 16.1. The van der Waals surface area contributed by atoms with Crippen molar-refractivity contribution in [3.05, 3.63) is 0 Å². The number of nitrogens with zero attached hydrogens (tertiary/aromatic N) is 1. The lowest BCUT2D eigenvalue weighted by atomic mass is 10.3. The van der Waals surface area contributed by atoms with E-state index in [-0.39, 0.29) is 5.91 Å². The van der Waals surface area contributed by atoms with Gasteiger partial charge in [0, 0.05) is 26.1 Å². The van der Waals surface area contributed by atoms with Crippen LogP contribution in [0.2, 0.25) is 0 Å². The smallest absolute Gasteiger partial charge is 0.217 e. The molecule has 1 atom stereocenters. The van der Waals surface area contributed by atoms with Gasteiger partial charge in [0.1, 0.15) is 0 Å². The van der Waals surface area contributed by atoms with E-state index >= 15 is 0 Å². The molecule has 1 unspecified atom stereocenters. The van der Waals surface area contributed by atoms with Crippen molar-refractivity contribution in [2.75, 3.05) is 19.6 Å². The number of carbonyl (C=O) groups excluding carboxylic acids is 1. The molecular weight excluding hydrogens is 164 g/mol. The Kier molecular flexibility index (Phi) is 6.59. The number of carbonyl (C=O) groups is 1. The summed E-state index contributed by atoms with van der Waals surface area (Å²) in [5.41, 5.74) is 0. The van der Waals surface area contributed by atoms with Gasteiger partial charge in [-0.25, -0.2) is 0 Å². The molecule has 1 N–H and O–H groups in total. The number of hydrogen-bond acceptors (Lipinski definition) is 2. The number of hydrogen-bond donors (Lipinski definition) is 1. The molecule has 3 nitrogen and oxygen atoms in total. The van der Waals surface area contributed by atoms with E-state index in [9.17, 15) is 4.79 Å². The Labute approximate surface area is 81.5 Å². The van der Waals surface area contributed by atoms with Gasteiger partial charge in [-0.2, -0.15) is 0 Å². The average Bonchev–Trinajstić information content (AvgIpc) is 2.55. The van der Waals surface area contributed by atoms with Gasteiger partial charge in [-0.3, -0.25) is 4.79 Å². The van der Waals surface area contributed by atoms with Crippen LogP contribution in [0.3, 0.4) is 0 Å². The molecule has 0 aromatic rings. The van der Waals surface area contributed by atoms with Crippen LogP contribution in [0.1, 0.15) is 34.1 Å². The fourth-order valence-electron chi connectivity index (χ4n) is 1.53. The summed E-state index contributed by atoms with van der Waals surface area (Å²) < 4.78 is 0. The lowest BCUT2D eigenvalue weighted by Crippen LogP contribution is -2.35. The first-order valence-corrected chi connectivity index (χ1v) is 5.22. The number of rotatable bonds is 2. The van der Waals surface area contributed by atoms with Crippen molar-refractivity contribution in [1.29, 1.82) is 0 Å². The van der Waals surface area contributed by atoms with E-state index in [2.05, 4.69) is 17.1 Å². The Hall–Kier alpha value is -0.570. The minimum atomic E-state index is 0.0907. The third-order valence-corrected chi connectivity index (χ3v) is 2.13. The summed E-state index contributed by atoms with van der Waals surface area (Å²) in [7, 11) is 0. The molecule has 0 spiro atoms. The molecule has 78 valence electrons. The van der Waals surface area contributed by atoms with E-state index in [1.54, 1.807) is 6.92 Å². The second-order valence-corrected chi connectivity index (χ2v) is 3.08. The van der Waals surface area contributed by atoms with E-state index < -0.39 is 0 Å². The van der Waals surface area contributed by atoms with Crippen molar-refractivity contribution in [2.24, 2.45) is 0 Å². The Bertz CT molecular complexity index is 148. The van der Waals surface area contributed by atoms with Gasteiger partial charge in [-0.1, -0.05) is 20.8 Å². The van der Waals surface area contributed by atoms with E-state index in [4.69, 9.17) is 0 Å². The molecule has 3 heteroatoms. The molecule has 1 saturated heterocycles. The largest absolute Gasteiger partial charge is 0.352 e. The van der Waals surface area contributed by atoms with Gasteiger partial charge >= 0.3 is 0 Å². The zero-order chi connectivity index (χ0) is 10.3. The van der Waals surface area contributed by atoms with Gasteiger partial charge in [0.05, 0.1) is 0 Å². The summed E-state index contributed by atoms with van der Waals surface area (Å²) in [5.74, 6) is 0.0907. The van der Waals surface area contributed by atoms with Crippen molar-refractivity contribution in [3.63, 3.8) is 0 Å². The van der Waals surface area contributed by atoms with Gasteiger partial charge in [0.25, 0.3) is 0 Å². The van der Waals surface area contributed by atoms with E-state index in [1.165, 1.54) is 0 Å². The van der Waals surface area contributed by atoms with Crippen molar-refractivity contribution >= 4 is 5.91 Å². The minimum Gasteiger partial charge on any atom is -0.352 e. The lowest BCUT2D eigenvalue weighted by molar-refractivity contribution is -0.119. The third-order valence-electron chi connectivity index (χ3n) is 2.13. The summed E-state index contributed by atoms with van der Waals surface area (Å²) in [6.45, 7) is 11.0. The molecule has 1 aliphatic heterocycles. The number of likely N-dealkylation sites (tertiary alicyclic amines) is 1. The zero-order valence-electron chi connectivity index (χ0n) is 9.26. The highest BCUT2D eigenvalue weighted by Crippen LogP contribution is 2.07. The first kappa shape index (κ1) is 12.4. The van der Waals surface area contributed by atoms with Crippen LogP contribution in [0.25, 0.3) is 0 Å². The summed E-state index contributed by atoms with van der Waals surface area (Å²) in [6, 6.07) is 0.396. The highest BCUT2D eigenvalue weighted by Gasteiger charge is 2.20. The molecule has 1 amide bonds. The maximum Gasteiger partial charge on any atom is 0.217 e. The molecule has 1 heterocycles. The molecular formula is C10H22N2O. The van der Waals surface area contributed by atoms with Crippen LogP contribution >= 0.6 is 0 Å². The first-order chi connectivity index (χ1) is 6.22. The predicted molar refractivity (Wildman–Crippen MR) is 55.7 cm³/mol. The molecule has 13 heavy (non-hydrogen) atoms. The van der Waals surface area contributed by atoms with Crippen LogP contribution in [-0.4, -0.2) is 36.5 Å². The van der Waals surface area contributed by atoms with E-state index in [0.29, 0.717) is 6.04 Å².